The summed E-state index contributed by atoms with van der Waals surface area (Å²) < 4.78 is 0. The number of hydrogen-bond donors (Lipinski definition) is 0. The van der Waals surface area contributed by atoms with Gasteiger partial charge in [-0.1, -0.05) is 425 Å². The summed E-state index contributed by atoms with van der Waals surface area (Å²) >= 11 is 0. The molecule has 0 radical (unpaired) electrons. The van der Waals surface area contributed by atoms with Gasteiger partial charge >= 0.3 is 0 Å². The lowest BCUT2D eigenvalue weighted by Gasteiger charge is -2.29. The number of aromatic nitrogens is 3. The van der Waals surface area contributed by atoms with Crippen molar-refractivity contribution in [3.05, 3.63) is 431 Å². The van der Waals surface area contributed by atoms with E-state index in [1.54, 1.807) is 0 Å². The molecule has 0 amide bonds. The summed E-state index contributed by atoms with van der Waals surface area (Å²) in [5, 5.41) is 0. The molecule has 17 aromatic carbocycles. The van der Waals surface area contributed by atoms with Crippen molar-refractivity contribution in [3.8, 4) is 190 Å². The van der Waals surface area contributed by atoms with E-state index in [0.717, 1.165) is 172 Å². The Labute approximate surface area is 631 Å². The maximum atomic E-state index is 6.52. The molecule has 18 rings (SSSR count). The van der Waals surface area contributed by atoms with Crippen LogP contribution in [0.15, 0.2) is 431 Å². The van der Waals surface area contributed by atoms with Crippen molar-refractivity contribution in [1.29, 1.82) is 0 Å². The van der Waals surface area contributed by atoms with Gasteiger partial charge in [0.2, 0.25) is 0 Å². The molecule has 18 aromatic rings. The van der Waals surface area contributed by atoms with Gasteiger partial charge in [-0.3, -0.25) is 0 Å². The highest BCUT2D eigenvalue weighted by atomic mass is 15.0. The summed E-state index contributed by atoms with van der Waals surface area (Å²) in [4.78, 5) is 19.4. The summed E-state index contributed by atoms with van der Waals surface area (Å²) in [6, 6.07) is 156. The lowest BCUT2D eigenvalue weighted by molar-refractivity contribution is 1.08. The first-order valence-corrected chi connectivity index (χ1v) is 36.9. The van der Waals surface area contributed by atoms with Gasteiger partial charge in [0.25, 0.3) is 0 Å². The molecule has 0 saturated carbocycles. The molecule has 3 nitrogen and oxygen atoms in total. The predicted molar refractivity (Wildman–Crippen MR) is 452 cm³/mol. The van der Waals surface area contributed by atoms with E-state index in [1.807, 2.05) is 0 Å². The Bertz CT molecular complexity index is 5670. The molecular formula is C105H71N3. The van der Waals surface area contributed by atoms with Crippen LogP contribution in [0.4, 0.5) is 0 Å². The van der Waals surface area contributed by atoms with E-state index in [2.05, 4.69) is 431 Å². The second-order valence-electron chi connectivity index (χ2n) is 27.0. The first-order valence-electron chi connectivity index (χ1n) is 36.9. The van der Waals surface area contributed by atoms with Crippen LogP contribution in [-0.2, 0) is 0 Å². The maximum Gasteiger partial charge on any atom is 0.165 e. The Morgan fingerprint density at radius 1 is 0.102 bits per heavy atom. The maximum absolute atomic E-state index is 6.52. The Hall–Kier alpha value is -14.3. The summed E-state index contributed by atoms with van der Waals surface area (Å²) in [5.41, 5.74) is 31.2. The van der Waals surface area contributed by atoms with E-state index >= 15 is 0 Å². The van der Waals surface area contributed by atoms with E-state index in [4.69, 9.17) is 15.0 Å². The van der Waals surface area contributed by atoms with Crippen molar-refractivity contribution in [2.24, 2.45) is 0 Å². The zero-order valence-corrected chi connectivity index (χ0v) is 59.3. The predicted octanol–water partition coefficient (Wildman–Crippen LogP) is 28.2. The summed E-state index contributed by atoms with van der Waals surface area (Å²) in [6.45, 7) is 0. The van der Waals surface area contributed by atoms with Crippen molar-refractivity contribution in [1.82, 2.24) is 15.0 Å². The standard InChI is InChI=1S/C105H71N3/c1-15-43-72(44-16-1)86-71-87(73-45-17-2-18-46-73)100(89(75-49-21-4-22-50-75)88(86)74-47-19-3-20-48-74)103-106-104(101-96(82-63-35-11-36-64-82)92(78-55-27-7-28-56-78)90(76-51-23-5-24-52-76)93(79-57-29-8-30-58-79)97(101)83-65-37-12-38-66-83)108-105(107-103)102-98(84-67-39-13-40-68-84)94(80-59-31-9-32-60-80)91(77-53-25-6-26-54-77)95(81-61-33-10-34-62-81)99(102)85-69-41-14-42-70-85/h1-71H. The zero-order chi connectivity index (χ0) is 72.0. The topological polar surface area (TPSA) is 38.7 Å². The number of nitrogens with zero attached hydrogens (tertiary/aromatic N) is 3. The normalized spacial score (nSPS) is 11.1. The van der Waals surface area contributed by atoms with E-state index < -0.39 is 0 Å². The second kappa shape index (κ2) is 29.8. The molecule has 506 valence electrons. The first-order chi connectivity index (χ1) is 53.7. The minimum atomic E-state index is 0.487. The number of rotatable bonds is 17. The SMILES string of the molecule is c1ccc(-c2cc(-c3ccccc3)c(-c3nc(-c4c(-c5ccccc5)c(-c5ccccc5)c(-c5ccccc5)c(-c5ccccc5)c4-c4ccccc4)nc(-c4c(-c5ccccc5)c(-c5ccccc5)c(-c5ccccc5)c(-c5ccccc5)c4-c4ccccc4)n3)c(-c3ccccc3)c2-c2ccccc2)cc1. The Morgan fingerprint density at radius 3 is 0.398 bits per heavy atom. The number of hydrogen-bond acceptors (Lipinski definition) is 3. The minimum absolute atomic E-state index is 0.487. The molecule has 0 aliphatic carbocycles. The van der Waals surface area contributed by atoms with Crippen molar-refractivity contribution >= 4 is 0 Å². The zero-order valence-electron chi connectivity index (χ0n) is 59.3. The minimum Gasteiger partial charge on any atom is -0.208 e. The van der Waals surface area contributed by atoms with Gasteiger partial charge in [0.1, 0.15) is 0 Å². The molecule has 0 aliphatic heterocycles. The molecule has 0 saturated heterocycles. The molecule has 0 bridgehead atoms. The monoisotopic (exact) mass is 1370 g/mol. The van der Waals surface area contributed by atoms with Crippen LogP contribution in [0.5, 0.6) is 0 Å². The molecule has 0 spiro atoms. The molecular weight excluding hydrogens is 1300 g/mol. The fourth-order valence-corrected chi connectivity index (χ4v) is 16.0. The van der Waals surface area contributed by atoms with Crippen molar-refractivity contribution < 1.29 is 0 Å². The third-order valence-electron chi connectivity index (χ3n) is 20.6. The number of benzene rings is 17. The lowest BCUT2D eigenvalue weighted by Crippen LogP contribution is -2.09. The highest BCUT2D eigenvalue weighted by molar-refractivity contribution is 6.18. The van der Waals surface area contributed by atoms with Crippen LogP contribution < -0.4 is 0 Å². The van der Waals surface area contributed by atoms with Crippen LogP contribution in [0.3, 0.4) is 0 Å². The second-order valence-corrected chi connectivity index (χ2v) is 27.0. The van der Waals surface area contributed by atoms with Gasteiger partial charge in [0.15, 0.2) is 17.5 Å². The van der Waals surface area contributed by atoms with Gasteiger partial charge in [-0.25, -0.2) is 15.0 Å². The van der Waals surface area contributed by atoms with Gasteiger partial charge in [-0.2, -0.15) is 0 Å². The van der Waals surface area contributed by atoms with Crippen LogP contribution in [0.2, 0.25) is 0 Å². The average molecular weight is 1370 g/mol. The molecule has 0 N–H and O–H groups in total. The molecule has 0 aliphatic rings. The van der Waals surface area contributed by atoms with Crippen LogP contribution >= 0.6 is 0 Å². The van der Waals surface area contributed by atoms with E-state index in [1.165, 1.54) is 0 Å². The summed E-state index contributed by atoms with van der Waals surface area (Å²) in [7, 11) is 0. The highest BCUT2D eigenvalue weighted by Gasteiger charge is 2.36. The van der Waals surface area contributed by atoms with Gasteiger partial charge in [-0.05, 0) is 134 Å². The molecule has 0 unspecified atom stereocenters. The van der Waals surface area contributed by atoms with Crippen LogP contribution in [0.25, 0.3) is 190 Å². The lowest BCUT2D eigenvalue weighted by atomic mass is 9.75. The Balaban J connectivity index is 1.16. The summed E-state index contributed by atoms with van der Waals surface area (Å²) in [6.07, 6.45) is 0. The van der Waals surface area contributed by atoms with Crippen LogP contribution in [0, 0.1) is 0 Å². The van der Waals surface area contributed by atoms with Crippen LogP contribution in [-0.4, -0.2) is 15.0 Å². The quantitative estimate of drug-likeness (QED) is 0.0912. The van der Waals surface area contributed by atoms with Gasteiger partial charge in [0.05, 0.1) is 0 Å². The first kappa shape index (κ1) is 65.8. The average Bonchev–Trinajstić information content (AvgIpc) is 0.711. The van der Waals surface area contributed by atoms with Crippen LogP contribution in [0.1, 0.15) is 0 Å². The van der Waals surface area contributed by atoms with Gasteiger partial charge in [0, 0.05) is 44.5 Å². The fourth-order valence-electron chi connectivity index (χ4n) is 16.0. The molecule has 0 fully saturated rings. The van der Waals surface area contributed by atoms with Gasteiger partial charge in [-0.15, -0.1) is 0 Å². The largest absolute Gasteiger partial charge is 0.208 e. The smallest absolute Gasteiger partial charge is 0.165 e. The molecule has 1 heterocycles. The van der Waals surface area contributed by atoms with Gasteiger partial charge < -0.3 is 0 Å². The van der Waals surface area contributed by atoms with E-state index in [-0.39, 0.29) is 0 Å². The van der Waals surface area contributed by atoms with Crippen molar-refractivity contribution in [2.75, 3.05) is 0 Å². The molecule has 3 heteroatoms. The van der Waals surface area contributed by atoms with Crippen molar-refractivity contribution in [2.45, 2.75) is 0 Å². The van der Waals surface area contributed by atoms with Crippen molar-refractivity contribution in [3.63, 3.8) is 0 Å². The molecule has 0 atom stereocenters. The van der Waals surface area contributed by atoms with E-state index in [0.29, 0.717) is 17.5 Å². The fraction of sp³-hybridized carbons (Fsp3) is 0. The molecule has 108 heavy (non-hydrogen) atoms. The van der Waals surface area contributed by atoms with E-state index in [9.17, 15) is 0 Å². The third-order valence-corrected chi connectivity index (χ3v) is 20.6. The summed E-state index contributed by atoms with van der Waals surface area (Å²) in [5.74, 6) is 1.46. The highest BCUT2D eigenvalue weighted by Crippen LogP contribution is 2.60. The Kier molecular flexibility index (Phi) is 18.2. The third kappa shape index (κ3) is 12.5. The molecule has 1 aromatic heterocycles. The Morgan fingerprint density at radius 2 is 0.222 bits per heavy atom.